The molecular formula is C25H30N4O3. The van der Waals surface area contributed by atoms with Crippen LogP contribution in [-0.2, 0) is 10.2 Å². The number of benzene rings is 1. The molecule has 168 valence electrons. The van der Waals surface area contributed by atoms with Crippen molar-refractivity contribution in [2.45, 2.75) is 57.9 Å². The van der Waals surface area contributed by atoms with E-state index >= 15 is 0 Å². The molecule has 0 radical (unpaired) electrons. The van der Waals surface area contributed by atoms with Gasteiger partial charge in [0.15, 0.2) is 0 Å². The van der Waals surface area contributed by atoms with Crippen LogP contribution in [0, 0.1) is 5.92 Å². The van der Waals surface area contributed by atoms with Crippen molar-refractivity contribution in [1.29, 1.82) is 0 Å². The average molecular weight is 435 g/mol. The van der Waals surface area contributed by atoms with Crippen LogP contribution in [-0.4, -0.2) is 34.1 Å². The van der Waals surface area contributed by atoms with Crippen molar-refractivity contribution in [1.82, 2.24) is 14.8 Å². The SMILES string of the molecule is COc1cc2c(cc1NC(=O)c1ccccn1)c(C(C)(C)C)nn2C1CCC(C=O)CC1. The minimum Gasteiger partial charge on any atom is -0.494 e. The van der Waals surface area contributed by atoms with Crippen LogP contribution in [0.3, 0.4) is 0 Å². The lowest BCUT2D eigenvalue weighted by molar-refractivity contribution is -0.112. The monoisotopic (exact) mass is 434 g/mol. The molecule has 1 aromatic carbocycles. The molecule has 32 heavy (non-hydrogen) atoms. The van der Waals surface area contributed by atoms with Crippen LogP contribution < -0.4 is 10.1 Å². The molecule has 7 heteroatoms. The van der Waals surface area contributed by atoms with Crippen molar-refractivity contribution >= 4 is 28.8 Å². The Hall–Kier alpha value is -3.22. The summed E-state index contributed by atoms with van der Waals surface area (Å²) in [6.45, 7) is 6.41. The summed E-state index contributed by atoms with van der Waals surface area (Å²) in [5, 5.41) is 8.98. The number of carbonyl (C=O) groups excluding carboxylic acids is 2. The number of anilines is 1. The highest BCUT2D eigenvalue weighted by Gasteiger charge is 2.29. The summed E-state index contributed by atoms with van der Waals surface area (Å²) in [5.41, 5.74) is 2.71. The first kappa shape index (κ1) is 22.0. The number of amides is 1. The van der Waals surface area contributed by atoms with Gasteiger partial charge in [0, 0.05) is 29.0 Å². The van der Waals surface area contributed by atoms with Gasteiger partial charge in [0.1, 0.15) is 17.7 Å². The second-order valence-corrected chi connectivity index (χ2v) is 9.49. The summed E-state index contributed by atoms with van der Waals surface area (Å²) in [7, 11) is 1.60. The summed E-state index contributed by atoms with van der Waals surface area (Å²) in [5.74, 6) is 0.434. The molecule has 0 spiro atoms. The molecule has 1 fully saturated rings. The van der Waals surface area contributed by atoms with Gasteiger partial charge in [-0.1, -0.05) is 26.8 Å². The van der Waals surface area contributed by atoms with Gasteiger partial charge in [0.05, 0.1) is 30.0 Å². The number of aromatic nitrogens is 3. The van der Waals surface area contributed by atoms with Crippen LogP contribution in [0.15, 0.2) is 36.5 Å². The quantitative estimate of drug-likeness (QED) is 0.576. The Morgan fingerprint density at radius 2 is 1.94 bits per heavy atom. The number of nitrogens with zero attached hydrogens (tertiary/aromatic N) is 3. The Labute approximate surface area is 188 Å². The topological polar surface area (TPSA) is 86.1 Å². The van der Waals surface area contributed by atoms with Gasteiger partial charge in [-0.25, -0.2) is 0 Å². The number of methoxy groups -OCH3 is 1. The summed E-state index contributed by atoms with van der Waals surface area (Å²) in [6, 6.07) is 9.38. The summed E-state index contributed by atoms with van der Waals surface area (Å²) in [4.78, 5) is 28.1. The maximum Gasteiger partial charge on any atom is 0.274 e. The van der Waals surface area contributed by atoms with Gasteiger partial charge in [0.25, 0.3) is 5.91 Å². The third-order valence-corrected chi connectivity index (χ3v) is 6.16. The van der Waals surface area contributed by atoms with E-state index in [1.54, 1.807) is 31.5 Å². The number of fused-ring (bicyclic) bond motifs is 1. The number of hydrogen-bond donors (Lipinski definition) is 1. The molecule has 2 aromatic heterocycles. The molecule has 1 N–H and O–H groups in total. The number of carbonyl (C=O) groups is 2. The summed E-state index contributed by atoms with van der Waals surface area (Å²) >= 11 is 0. The number of rotatable bonds is 5. The van der Waals surface area contributed by atoms with Crippen LogP contribution >= 0.6 is 0 Å². The van der Waals surface area contributed by atoms with Gasteiger partial charge in [-0.05, 0) is 43.9 Å². The number of hydrogen-bond acceptors (Lipinski definition) is 5. The van der Waals surface area contributed by atoms with Crippen molar-refractivity contribution in [3.8, 4) is 5.75 Å². The Kier molecular flexibility index (Phi) is 6.00. The maximum atomic E-state index is 12.7. The normalized spacial score (nSPS) is 19.0. The van der Waals surface area contributed by atoms with Crippen molar-refractivity contribution in [3.05, 3.63) is 47.9 Å². The molecule has 2 heterocycles. The van der Waals surface area contributed by atoms with Gasteiger partial charge >= 0.3 is 0 Å². The first-order valence-corrected chi connectivity index (χ1v) is 11.1. The fraction of sp³-hybridized carbons (Fsp3) is 0.440. The zero-order valence-electron chi connectivity index (χ0n) is 19.1. The molecule has 1 saturated carbocycles. The molecule has 0 atom stereocenters. The average Bonchev–Trinajstić information content (AvgIpc) is 3.18. The lowest BCUT2D eigenvalue weighted by atomic mass is 9.87. The molecule has 0 unspecified atom stereocenters. The fourth-order valence-corrected chi connectivity index (χ4v) is 4.43. The largest absolute Gasteiger partial charge is 0.494 e. The Morgan fingerprint density at radius 3 is 2.53 bits per heavy atom. The summed E-state index contributed by atoms with van der Waals surface area (Å²) in [6.07, 6.45) is 6.29. The van der Waals surface area contributed by atoms with Crippen molar-refractivity contribution in [3.63, 3.8) is 0 Å². The zero-order chi connectivity index (χ0) is 22.9. The molecule has 3 aromatic rings. The first-order chi connectivity index (χ1) is 15.3. The second-order valence-electron chi connectivity index (χ2n) is 9.49. The van der Waals surface area contributed by atoms with Crippen LogP contribution in [0.2, 0.25) is 0 Å². The zero-order valence-corrected chi connectivity index (χ0v) is 19.1. The highest BCUT2D eigenvalue weighted by atomic mass is 16.5. The minimum absolute atomic E-state index is 0.151. The molecule has 4 rings (SSSR count). The van der Waals surface area contributed by atoms with E-state index in [1.807, 2.05) is 12.1 Å². The van der Waals surface area contributed by atoms with Crippen molar-refractivity contribution in [2.24, 2.45) is 5.92 Å². The van der Waals surface area contributed by atoms with Gasteiger partial charge in [-0.3, -0.25) is 14.5 Å². The van der Waals surface area contributed by atoms with E-state index in [-0.39, 0.29) is 23.3 Å². The molecule has 1 aliphatic rings. The fourth-order valence-electron chi connectivity index (χ4n) is 4.43. The van der Waals surface area contributed by atoms with Crippen LogP contribution in [0.25, 0.3) is 10.9 Å². The predicted octanol–water partition coefficient (Wildman–Crippen LogP) is 4.92. The van der Waals surface area contributed by atoms with Crippen LogP contribution in [0.1, 0.15) is 68.7 Å². The Bertz CT molecular complexity index is 1120. The molecule has 1 aliphatic carbocycles. The number of nitrogens with one attached hydrogen (secondary N) is 1. The van der Waals surface area contributed by atoms with Crippen LogP contribution in [0.4, 0.5) is 5.69 Å². The van der Waals surface area contributed by atoms with Gasteiger partial charge in [-0.15, -0.1) is 0 Å². The Morgan fingerprint density at radius 1 is 1.19 bits per heavy atom. The Balaban J connectivity index is 1.77. The summed E-state index contributed by atoms with van der Waals surface area (Å²) < 4.78 is 7.74. The molecular weight excluding hydrogens is 404 g/mol. The smallest absolute Gasteiger partial charge is 0.274 e. The maximum absolute atomic E-state index is 12.7. The van der Waals surface area contributed by atoms with Crippen LogP contribution in [0.5, 0.6) is 5.75 Å². The molecule has 0 saturated heterocycles. The molecule has 0 aliphatic heterocycles. The van der Waals surface area contributed by atoms with Gasteiger partial charge < -0.3 is 14.8 Å². The van der Waals surface area contributed by atoms with Gasteiger partial charge in [0.2, 0.25) is 0 Å². The van der Waals surface area contributed by atoms with E-state index in [0.29, 0.717) is 17.1 Å². The third-order valence-electron chi connectivity index (χ3n) is 6.16. The number of aldehydes is 1. The highest BCUT2D eigenvalue weighted by molar-refractivity contribution is 6.05. The van der Waals surface area contributed by atoms with Gasteiger partial charge in [-0.2, -0.15) is 5.10 Å². The van der Waals surface area contributed by atoms with Crippen molar-refractivity contribution in [2.75, 3.05) is 12.4 Å². The van der Waals surface area contributed by atoms with E-state index in [1.165, 1.54) is 0 Å². The molecule has 0 bridgehead atoms. The highest BCUT2D eigenvalue weighted by Crippen LogP contribution is 2.40. The lowest BCUT2D eigenvalue weighted by Crippen LogP contribution is -2.21. The van der Waals surface area contributed by atoms with E-state index in [9.17, 15) is 9.59 Å². The van der Waals surface area contributed by atoms with E-state index in [4.69, 9.17) is 9.84 Å². The number of pyridine rings is 1. The number of ether oxygens (including phenoxy) is 1. The standard InChI is InChI=1S/C25H30N4O3/c1-25(2,3)23-18-13-20(27-24(31)19-7-5-6-12-26-19)22(32-4)14-21(18)29(28-23)17-10-8-16(15-30)9-11-17/h5-7,12-17H,8-11H2,1-4H3,(H,27,31). The third kappa shape index (κ3) is 4.24. The van der Waals surface area contributed by atoms with E-state index in [0.717, 1.165) is 48.6 Å². The lowest BCUT2D eigenvalue weighted by Gasteiger charge is -2.26. The van der Waals surface area contributed by atoms with Crippen molar-refractivity contribution < 1.29 is 14.3 Å². The second kappa shape index (κ2) is 8.73. The predicted molar refractivity (Wildman–Crippen MR) is 124 cm³/mol. The van der Waals surface area contributed by atoms with E-state index in [2.05, 4.69) is 35.8 Å². The van der Waals surface area contributed by atoms with E-state index < -0.39 is 0 Å². The molecule has 7 nitrogen and oxygen atoms in total. The molecule has 1 amide bonds. The minimum atomic E-state index is -0.292. The first-order valence-electron chi connectivity index (χ1n) is 11.1.